The standard InChI is InChI=1S/C19H24FN/c1-5-19(21,16-8-6-7-9-17(16)20)15-12-10-14(11-13-15)18(2,3)4/h6-13H,5,21H2,1-4H3. The van der Waals surface area contributed by atoms with Crippen molar-refractivity contribution in [1.82, 2.24) is 0 Å². The summed E-state index contributed by atoms with van der Waals surface area (Å²) in [7, 11) is 0. The van der Waals surface area contributed by atoms with Gasteiger partial charge in [-0.15, -0.1) is 0 Å². The first-order valence-corrected chi connectivity index (χ1v) is 7.44. The van der Waals surface area contributed by atoms with Gasteiger partial charge in [0.05, 0.1) is 5.54 Å². The molecule has 2 N–H and O–H groups in total. The summed E-state index contributed by atoms with van der Waals surface area (Å²) in [6.45, 7) is 8.52. The van der Waals surface area contributed by atoms with Gasteiger partial charge in [0.1, 0.15) is 5.82 Å². The zero-order valence-corrected chi connectivity index (χ0v) is 13.3. The van der Waals surface area contributed by atoms with Gasteiger partial charge in [0, 0.05) is 5.56 Å². The van der Waals surface area contributed by atoms with Gasteiger partial charge < -0.3 is 5.73 Å². The van der Waals surface area contributed by atoms with Crippen LogP contribution in [0.5, 0.6) is 0 Å². The molecule has 0 saturated heterocycles. The third-order valence-corrected chi connectivity index (χ3v) is 4.18. The van der Waals surface area contributed by atoms with E-state index in [0.717, 1.165) is 5.56 Å². The van der Waals surface area contributed by atoms with Crippen LogP contribution in [0.25, 0.3) is 0 Å². The van der Waals surface area contributed by atoms with Crippen molar-refractivity contribution >= 4 is 0 Å². The highest BCUT2D eigenvalue weighted by Crippen LogP contribution is 2.33. The van der Waals surface area contributed by atoms with Crippen molar-refractivity contribution in [3.05, 3.63) is 71.0 Å². The van der Waals surface area contributed by atoms with E-state index < -0.39 is 5.54 Å². The molecule has 0 heterocycles. The van der Waals surface area contributed by atoms with Crippen LogP contribution in [0, 0.1) is 5.82 Å². The zero-order valence-electron chi connectivity index (χ0n) is 13.3. The SMILES string of the molecule is CCC(N)(c1ccc(C(C)(C)C)cc1)c1ccccc1F. The molecule has 0 fully saturated rings. The van der Waals surface area contributed by atoms with Crippen LogP contribution in [0.4, 0.5) is 4.39 Å². The number of hydrogen-bond acceptors (Lipinski definition) is 1. The van der Waals surface area contributed by atoms with E-state index in [0.29, 0.717) is 12.0 Å². The Bertz CT molecular complexity index is 610. The van der Waals surface area contributed by atoms with Crippen LogP contribution in [0.3, 0.4) is 0 Å². The van der Waals surface area contributed by atoms with Gasteiger partial charge in [-0.3, -0.25) is 0 Å². The molecule has 0 aromatic heterocycles. The average molecular weight is 285 g/mol. The van der Waals surface area contributed by atoms with Crippen LogP contribution in [-0.4, -0.2) is 0 Å². The quantitative estimate of drug-likeness (QED) is 0.866. The normalized spacial score (nSPS) is 14.8. The minimum atomic E-state index is -0.790. The molecule has 0 spiro atoms. The monoisotopic (exact) mass is 285 g/mol. The Morgan fingerprint density at radius 1 is 0.905 bits per heavy atom. The molecule has 0 saturated carbocycles. The Morgan fingerprint density at radius 3 is 1.90 bits per heavy atom. The summed E-state index contributed by atoms with van der Waals surface area (Å²) in [6, 6.07) is 15.0. The van der Waals surface area contributed by atoms with E-state index in [4.69, 9.17) is 5.73 Å². The van der Waals surface area contributed by atoms with E-state index in [9.17, 15) is 4.39 Å². The Hall–Kier alpha value is -1.67. The summed E-state index contributed by atoms with van der Waals surface area (Å²) in [5, 5.41) is 0. The van der Waals surface area contributed by atoms with Gasteiger partial charge in [-0.2, -0.15) is 0 Å². The molecule has 2 aromatic rings. The molecule has 0 aliphatic carbocycles. The first kappa shape index (κ1) is 15.7. The van der Waals surface area contributed by atoms with Gasteiger partial charge in [-0.1, -0.05) is 70.2 Å². The Labute approximate surface area is 127 Å². The third kappa shape index (κ3) is 3.01. The molecular formula is C19H24FN. The predicted octanol–water partition coefficient (Wildman–Crippen LogP) is 4.74. The highest BCUT2D eigenvalue weighted by Gasteiger charge is 2.30. The summed E-state index contributed by atoms with van der Waals surface area (Å²) in [5.74, 6) is -0.248. The Kier molecular flexibility index (Phi) is 4.20. The summed E-state index contributed by atoms with van der Waals surface area (Å²) in [5.41, 5.74) is 8.61. The molecule has 0 aliphatic rings. The summed E-state index contributed by atoms with van der Waals surface area (Å²) >= 11 is 0. The molecule has 21 heavy (non-hydrogen) atoms. The predicted molar refractivity (Wildman–Crippen MR) is 86.8 cm³/mol. The van der Waals surface area contributed by atoms with E-state index in [2.05, 4.69) is 32.9 Å². The summed E-state index contributed by atoms with van der Waals surface area (Å²) < 4.78 is 14.1. The van der Waals surface area contributed by atoms with Gasteiger partial charge in [0.25, 0.3) is 0 Å². The lowest BCUT2D eigenvalue weighted by molar-refractivity contribution is 0.478. The van der Waals surface area contributed by atoms with Crippen molar-refractivity contribution in [2.75, 3.05) is 0 Å². The number of hydrogen-bond donors (Lipinski definition) is 1. The summed E-state index contributed by atoms with van der Waals surface area (Å²) in [4.78, 5) is 0. The summed E-state index contributed by atoms with van der Waals surface area (Å²) in [6.07, 6.45) is 0.642. The van der Waals surface area contributed by atoms with Crippen LogP contribution in [-0.2, 0) is 11.0 Å². The molecule has 0 amide bonds. The molecule has 0 aliphatic heterocycles. The fourth-order valence-corrected chi connectivity index (χ4v) is 2.64. The Morgan fingerprint density at radius 2 is 1.43 bits per heavy atom. The van der Waals surface area contributed by atoms with Crippen LogP contribution >= 0.6 is 0 Å². The third-order valence-electron chi connectivity index (χ3n) is 4.18. The van der Waals surface area contributed by atoms with Crippen molar-refractivity contribution < 1.29 is 4.39 Å². The van der Waals surface area contributed by atoms with Gasteiger partial charge in [-0.25, -0.2) is 4.39 Å². The molecule has 1 nitrogen and oxygen atoms in total. The van der Waals surface area contributed by atoms with Crippen LogP contribution in [0.15, 0.2) is 48.5 Å². The lowest BCUT2D eigenvalue weighted by atomic mass is 9.79. The van der Waals surface area contributed by atoms with E-state index in [1.54, 1.807) is 12.1 Å². The second kappa shape index (κ2) is 5.61. The van der Waals surface area contributed by atoms with Crippen molar-refractivity contribution in [2.24, 2.45) is 5.73 Å². The van der Waals surface area contributed by atoms with Crippen LogP contribution in [0.2, 0.25) is 0 Å². The lowest BCUT2D eigenvalue weighted by Crippen LogP contribution is -2.38. The fraction of sp³-hybridized carbons (Fsp3) is 0.368. The second-order valence-electron chi connectivity index (χ2n) is 6.63. The molecule has 2 heteroatoms. The van der Waals surface area contributed by atoms with E-state index in [-0.39, 0.29) is 11.2 Å². The van der Waals surface area contributed by atoms with Crippen LogP contribution in [0.1, 0.15) is 50.8 Å². The van der Waals surface area contributed by atoms with E-state index in [1.807, 2.05) is 25.1 Å². The van der Waals surface area contributed by atoms with E-state index in [1.165, 1.54) is 11.6 Å². The minimum absolute atomic E-state index is 0.0972. The molecule has 2 aromatic carbocycles. The molecule has 0 radical (unpaired) electrons. The molecule has 0 bridgehead atoms. The highest BCUT2D eigenvalue weighted by molar-refractivity contribution is 5.40. The lowest BCUT2D eigenvalue weighted by Gasteiger charge is -2.30. The largest absolute Gasteiger partial charge is 0.318 e. The minimum Gasteiger partial charge on any atom is -0.318 e. The van der Waals surface area contributed by atoms with Crippen molar-refractivity contribution in [1.29, 1.82) is 0 Å². The first-order valence-electron chi connectivity index (χ1n) is 7.44. The van der Waals surface area contributed by atoms with Gasteiger partial charge in [0.15, 0.2) is 0 Å². The number of halogens is 1. The maximum absolute atomic E-state index is 14.1. The zero-order chi connectivity index (χ0) is 15.7. The second-order valence-corrected chi connectivity index (χ2v) is 6.63. The molecule has 1 unspecified atom stereocenters. The van der Waals surface area contributed by atoms with Crippen molar-refractivity contribution in [3.8, 4) is 0 Å². The van der Waals surface area contributed by atoms with Gasteiger partial charge >= 0.3 is 0 Å². The van der Waals surface area contributed by atoms with Gasteiger partial charge in [0.2, 0.25) is 0 Å². The molecular weight excluding hydrogens is 261 g/mol. The van der Waals surface area contributed by atoms with Crippen molar-refractivity contribution in [3.63, 3.8) is 0 Å². The van der Waals surface area contributed by atoms with Crippen LogP contribution < -0.4 is 5.73 Å². The molecule has 2 rings (SSSR count). The average Bonchev–Trinajstić information content (AvgIpc) is 2.46. The smallest absolute Gasteiger partial charge is 0.128 e. The Balaban J connectivity index is 2.49. The van der Waals surface area contributed by atoms with Crippen molar-refractivity contribution in [2.45, 2.75) is 45.1 Å². The number of benzene rings is 2. The number of rotatable bonds is 3. The number of nitrogens with two attached hydrogens (primary N) is 1. The highest BCUT2D eigenvalue weighted by atomic mass is 19.1. The molecule has 1 atom stereocenters. The van der Waals surface area contributed by atoms with E-state index >= 15 is 0 Å². The molecule has 112 valence electrons. The topological polar surface area (TPSA) is 26.0 Å². The fourth-order valence-electron chi connectivity index (χ4n) is 2.64. The first-order chi connectivity index (χ1) is 9.79. The maximum atomic E-state index is 14.1. The maximum Gasteiger partial charge on any atom is 0.128 e. The van der Waals surface area contributed by atoms with Gasteiger partial charge in [-0.05, 0) is 29.0 Å².